The molecular formula is C24H49NO3. The van der Waals surface area contributed by atoms with Gasteiger partial charge in [0.1, 0.15) is 0 Å². The summed E-state index contributed by atoms with van der Waals surface area (Å²) < 4.78 is 17.9. The van der Waals surface area contributed by atoms with Crippen molar-refractivity contribution in [1.82, 2.24) is 4.90 Å². The zero-order valence-electron chi connectivity index (χ0n) is 20.0. The number of ether oxygens (including phenoxy) is 3. The van der Waals surface area contributed by atoms with Gasteiger partial charge in [-0.15, -0.1) is 0 Å². The van der Waals surface area contributed by atoms with Gasteiger partial charge in [0.2, 0.25) is 0 Å². The molecule has 1 aliphatic rings. The summed E-state index contributed by atoms with van der Waals surface area (Å²) in [6.07, 6.45) is 7.25. The Morgan fingerprint density at radius 3 is 2.25 bits per heavy atom. The van der Waals surface area contributed by atoms with E-state index in [-0.39, 0.29) is 5.60 Å². The summed E-state index contributed by atoms with van der Waals surface area (Å²) in [5, 5.41) is 0. The standard InChI is InChI=1S/C24H49NO3/c1-8-10-24(18-22(4)17-23(5,6)20-24)28-16-15-27-14-13-26-12-11-25(7)19-21(3)9-2/h21-22H,8-20H2,1-7H3. The summed E-state index contributed by atoms with van der Waals surface area (Å²) in [4.78, 5) is 2.35. The Hall–Kier alpha value is -0.160. The van der Waals surface area contributed by atoms with Gasteiger partial charge in [0, 0.05) is 13.1 Å². The lowest BCUT2D eigenvalue weighted by Gasteiger charge is -2.47. The van der Waals surface area contributed by atoms with Crippen molar-refractivity contribution in [2.75, 3.05) is 53.2 Å². The van der Waals surface area contributed by atoms with Gasteiger partial charge in [-0.3, -0.25) is 0 Å². The van der Waals surface area contributed by atoms with Crippen LogP contribution in [0.25, 0.3) is 0 Å². The molecule has 0 bridgehead atoms. The third-order valence-corrected chi connectivity index (χ3v) is 6.07. The van der Waals surface area contributed by atoms with Crippen molar-refractivity contribution < 1.29 is 14.2 Å². The van der Waals surface area contributed by atoms with Gasteiger partial charge < -0.3 is 19.1 Å². The fourth-order valence-corrected chi connectivity index (χ4v) is 5.11. The van der Waals surface area contributed by atoms with Crippen LogP contribution < -0.4 is 0 Å². The van der Waals surface area contributed by atoms with Crippen molar-refractivity contribution in [2.24, 2.45) is 17.3 Å². The molecular weight excluding hydrogens is 350 g/mol. The molecule has 0 N–H and O–H groups in total. The Morgan fingerprint density at radius 2 is 1.64 bits per heavy atom. The lowest BCUT2D eigenvalue weighted by atomic mass is 9.64. The van der Waals surface area contributed by atoms with Crippen molar-refractivity contribution >= 4 is 0 Å². The fraction of sp³-hybridized carbons (Fsp3) is 1.00. The van der Waals surface area contributed by atoms with Crippen LogP contribution in [0, 0.1) is 17.3 Å². The van der Waals surface area contributed by atoms with Crippen LogP contribution in [0.1, 0.15) is 80.1 Å². The third-order valence-electron chi connectivity index (χ3n) is 6.07. The van der Waals surface area contributed by atoms with Gasteiger partial charge in [0.15, 0.2) is 0 Å². The molecule has 0 heterocycles. The number of hydrogen-bond acceptors (Lipinski definition) is 4. The van der Waals surface area contributed by atoms with Crippen LogP contribution in [0.15, 0.2) is 0 Å². The average molecular weight is 400 g/mol. The number of nitrogens with zero attached hydrogens (tertiary/aromatic N) is 1. The van der Waals surface area contributed by atoms with Crippen molar-refractivity contribution in [3.8, 4) is 0 Å². The Labute approximate surface area is 175 Å². The molecule has 4 nitrogen and oxygen atoms in total. The van der Waals surface area contributed by atoms with Crippen molar-refractivity contribution in [3.63, 3.8) is 0 Å². The maximum atomic E-state index is 6.45. The summed E-state index contributed by atoms with van der Waals surface area (Å²) >= 11 is 0. The van der Waals surface area contributed by atoms with Crippen LogP contribution in [-0.2, 0) is 14.2 Å². The van der Waals surface area contributed by atoms with Crippen LogP contribution in [0.2, 0.25) is 0 Å². The van der Waals surface area contributed by atoms with Gasteiger partial charge >= 0.3 is 0 Å². The van der Waals surface area contributed by atoms with E-state index in [1.54, 1.807) is 0 Å². The Morgan fingerprint density at radius 1 is 1.00 bits per heavy atom. The zero-order valence-corrected chi connectivity index (χ0v) is 20.0. The smallest absolute Gasteiger partial charge is 0.0708 e. The minimum absolute atomic E-state index is 0.0516. The average Bonchev–Trinajstić information content (AvgIpc) is 2.58. The van der Waals surface area contributed by atoms with Gasteiger partial charge in [-0.25, -0.2) is 0 Å². The molecule has 0 aromatic heterocycles. The molecule has 3 unspecified atom stereocenters. The van der Waals surface area contributed by atoms with Crippen LogP contribution in [0.3, 0.4) is 0 Å². The minimum Gasteiger partial charge on any atom is -0.378 e. The van der Waals surface area contributed by atoms with E-state index in [4.69, 9.17) is 14.2 Å². The molecule has 0 saturated heterocycles. The first kappa shape index (κ1) is 25.9. The van der Waals surface area contributed by atoms with Crippen LogP contribution in [0.5, 0.6) is 0 Å². The van der Waals surface area contributed by atoms with E-state index < -0.39 is 0 Å². The topological polar surface area (TPSA) is 30.9 Å². The van der Waals surface area contributed by atoms with E-state index in [0.717, 1.165) is 38.0 Å². The predicted octanol–water partition coefficient (Wildman–Crippen LogP) is 5.40. The van der Waals surface area contributed by atoms with E-state index in [1.165, 1.54) is 32.1 Å². The van der Waals surface area contributed by atoms with E-state index in [0.29, 0.717) is 31.8 Å². The molecule has 28 heavy (non-hydrogen) atoms. The van der Waals surface area contributed by atoms with E-state index in [1.807, 2.05) is 0 Å². The summed E-state index contributed by atoms with van der Waals surface area (Å²) in [5.41, 5.74) is 0.430. The Bertz CT molecular complexity index is 401. The van der Waals surface area contributed by atoms with Gasteiger partial charge in [-0.05, 0) is 50.0 Å². The molecule has 0 aromatic rings. The molecule has 0 amide bonds. The van der Waals surface area contributed by atoms with Gasteiger partial charge in [0.05, 0.1) is 38.6 Å². The van der Waals surface area contributed by atoms with Crippen LogP contribution in [-0.4, -0.2) is 63.7 Å². The summed E-state index contributed by atoms with van der Waals surface area (Å²) in [6.45, 7) is 19.6. The van der Waals surface area contributed by atoms with Crippen molar-refractivity contribution in [1.29, 1.82) is 0 Å². The molecule has 0 radical (unpaired) electrons. The SMILES string of the molecule is CCCC1(OCCOCCOCCN(C)CC(C)CC)CC(C)CC(C)(C)C1. The Balaban J connectivity index is 2.13. The fourth-order valence-electron chi connectivity index (χ4n) is 5.11. The first-order valence-electron chi connectivity index (χ1n) is 11.7. The second-order valence-corrected chi connectivity index (χ2v) is 10.1. The number of hydrogen-bond donors (Lipinski definition) is 0. The van der Waals surface area contributed by atoms with Crippen molar-refractivity contribution in [2.45, 2.75) is 85.7 Å². The summed E-state index contributed by atoms with van der Waals surface area (Å²) in [6, 6.07) is 0. The van der Waals surface area contributed by atoms with E-state index in [2.05, 4.69) is 53.5 Å². The molecule has 0 aromatic carbocycles. The first-order valence-corrected chi connectivity index (χ1v) is 11.7. The third kappa shape index (κ3) is 10.6. The highest BCUT2D eigenvalue weighted by Gasteiger charge is 2.42. The largest absolute Gasteiger partial charge is 0.378 e. The quantitative estimate of drug-likeness (QED) is 0.345. The van der Waals surface area contributed by atoms with Gasteiger partial charge in [-0.2, -0.15) is 0 Å². The lowest BCUT2D eigenvalue weighted by molar-refractivity contribution is -0.128. The second kappa shape index (κ2) is 13.2. The maximum Gasteiger partial charge on any atom is 0.0708 e. The Kier molecular flexibility index (Phi) is 12.2. The normalized spacial score (nSPS) is 25.9. The lowest BCUT2D eigenvalue weighted by Crippen LogP contribution is -2.44. The minimum atomic E-state index is 0.0516. The summed E-state index contributed by atoms with van der Waals surface area (Å²) in [5.74, 6) is 1.49. The highest BCUT2D eigenvalue weighted by Crippen LogP contribution is 2.47. The monoisotopic (exact) mass is 399 g/mol. The molecule has 168 valence electrons. The number of likely N-dealkylation sites (N-methyl/N-ethyl adjacent to an activating group) is 1. The molecule has 1 rings (SSSR count). The van der Waals surface area contributed by atoms with Crippen LogP contribution in [0.4, 0.5) is 0 Å². The summed E-state index contributed by atoms with van der Waals surface area (Å²) in [7, 11) is 2.17. The highest BCUT2D eigenvalue weighted by molar-refractivity contribution is 4.94. The van der Waals surface area contributed by atoms with E-state index in [9.17, 15) is 0 Å². The molecule has 1 saturated carbocycles. The first-order chi connectivity index (χ1) is 13.2. The molecule has 0 spiro atoms. The highest BCUT2D eigenvalue weighted by atomic mass is 16.5. The maximum absolute atomic E-state index is 6.45. The molecule has 3 atom stereocenters. The molecule has 1 fully saturated rings. The molecule has 0 aliphatic heterocycles. The zero-order chi connectivity index (χ0) is 21.0. The van der Waals surface area contributed by atoms with Crippen LogP contribution >= 0.6 is 0 Å². The van der Waals surface area contributed by atoms with Crippen molar-refractivity contribution in [3.05, 3.63) is 0 Å². The predicted molar refractivity (Wildman–Crippen MR) is 119 cm³/mol. The second-order valence-electron chi connectivity index (χ2n) is 10.1. The molecule has 4 heteroatoms. The van der Waals surface area contributed by atoms with E-state index >= 15 is 0 Å². The molecule has 1 aliphatic carbocycles. The number of rotatable bonds is 15. The van der Waals surface area contributed by atoms with Gasteiger partial charge in [0.25, 0.3) is 0 Å². The van der Waals surface area contributed by atoms with Gasteiger partial charge in [-0.1, -0.05) is 54.4 Å².